The van der Waals surface area contributed by atoms with Gasteiger partial charge in [-0.05, 0) is 36.5 Å². The highest BCUT2D eigenvalue weighted by molar-refractivity contribution is 5.73. The van der Waals surface area contributed by atoms with Gasteiger partial charge in [0.1, 0.15) is 0 Å². The second kappa shape index (κ2) is 7.75. The summed E-state index contributed by atoms with van der Waals surface area (Å²) >= 11 is 0. The lowest BCUT2D eigenvalue weighted by molar-refractivity contribution is 0.196. The van der Waals surface area contributed by atoms with Crippen LogP contribution in [0.4, 0.5) is 10.5 Å². The predicted molar refractivity (Wildman–Crippen MR) is 80.2 cm³/mol. The molecular weight excluding hydrogens is 254 g/mol. The number of carbonyl (C=O) groups excluding carboxylic acids is 1. The van der Waals surface area contributed by atoms with Crippen LogP contribution in [0.5, 0.6) is 0 Å². The Morgan fingerprint density at radius 1 is 1.35 bits per heavy atom. The first-order valence-electron chi connectivity index (χ1n) is 7.16. The first-order valence-corrected chi connectivity index (χ1v) is 7.16. The topological polar surface area (TPSA) is 62.4 Å². The van der Waals surface area contributed by atoms with Gasteiger partial charge in [0.2, 0.25) is 0 Å². The summed E-state index contributed by atoms with van der Waals surface area (Å²) in [6.45, 7) is 2.78. The number of hydrogen-bond donors (Lipinski definition) is 3. The molecule has 5 heteroatoms. The van der Waals surface area contributed by atoms with Gasteiger partial charge in [-0.15, -0.1) is 0 Å². The van der Waals surface area contributed by atoms with Gasteiger partial charge in [0.15, 0.2) is 0 Å². The molecule has 0 spiro atoms. The van der Waals surface area contributed by atoms with Crippen LogP contribution in [0, 0.1) is 0 Å². The van der Waals surface area contributed by atoms with Gasteiger partial charge < -0.3 is 20.7 Å². The number of fused-ring (bicyclic) bond motifs is 1. The molecule has 2 rings (SSSR count). The molecule has 1 aromatic rings. The molecule has 0 unspecified atom stereocenters. The van der Waals surface area contributed by atoms with Gasteiger partial charge in [-0.25, -0.2) is 4.79 Å². The van der Waals surface area contributed by atoms with Crippen LogP contribution >= 0.6 is 0 Å². The number of carbonyl (C=O) groups is 1. The lowest BCUT2D eigenvalue weighted by Crippen LogP contribution is -2.38. The first-order chi connectivity index (χ1) is 9.79. The minimum absolute atomic E-state index is 0.137. The highest BCUT2D eigenvalue weighted by atomic mass is 16.5. The number of methoxy groups -OCH3 is 1. The molecule has 2 amide bonds. The van der Waals surface area contributed by atoms with Crippen LogP contribution in [0.15, 0.2) is 18.2 Å². The van der Waals surface area contributed by atoms with Crippen LogP contribution in [0.2, 0.25) is 0 Å². The van der Waals surface area contributed by atoms with Crippen LogP contribution in [0.25, 0.3) is 0 Å². The van der Waals surface area contributed by atoms with E-state index in [2.05, 4.69) is 34.1 Å². The van der Waals surface area contributed by atoms with Crippen molar-refractivity contribution in [3.05, 3.63) is 29.3 Å². The number of ether oxygens (including phenoxy) is 1. The number of hydrogen-bond acceptors (Lipinski definition) is 3. The van der Waals surface area contributed by atoms with E-state index in [9.17, 15) is 4.79 Å². The average Bonchev–Trinajstić information content (AvgIpc) is 2.47. The number of urea groups is 1. The maximum absolute atomic E-state index is 11.5. The maximum atomic E-state index is 11.5. The number of nitrogens with one attached hydrogen (secondary N) is 3. The zero-order valence-electron chi connectivity index (χ0n) is 12.0. The number of anilines is 1. The summed E-state index contributed by atoms with van der Waals surface area (Å²) < 4.78 is 4.87. The molecule has 0 aromatic heterocycles. The summed E-state index contributed by atoms with van der Waals surface area (Å²) in [6.07, 6.45) is 3.18. The van der Waals surface area contributed by atoms with E-state index in [1.54, 1.807) is 7.11 Å². The Bertz CT molecular complexity index is 449. The number of amides is 2. The van der Waals surface area contributed by atoms with Crippen molar-refractivity contribution in [1.29, 1.82) is 0 Å². The maximum Gasteiger partial charge on any atom is 0.314 e. The van der Waals surface area contributed by atoms with Gasteiger partial charge in [-0.2, -0.15) is 0 Å². The Morgan fingerprint density at radius 2 is 2.20 bits per heavy atom. The number of rotatable bonds is 6. The van der Waals surface area contributed by atoms with E-state index >= 15 is 0 Å². The van der Waals surface area contributed by atoms with Crippen molar-refractivity contribution >= 4 is 11.7 Å². The molecule has 0 fully saturated rings. The van der Waals surface area contributed by atoms with Gasteiger partial charge in [0, 0.05) is 32.4 Å². The van der Waals surface area contributed by atoms with E-state index in [0.29, 0.717) is 19.7 Å². The van der Waals surface area contributed by atoms with Gasteiger partial charge in [0.05, 0.1) is 6.61 Å². The first kappa shape index (κ1) is 14.7. The molecule has 1 aliphatic rings. The lowest BCUT2D eigenvalue weighted by atomic mass is 9.99. The van der Waals surface area contributed by atoms with Crippen molar-refractivity contribution in [1.82, 2.24) is 10.6 Å². The van der Waals surface area contributed by atoms with Gasteiger partial charge in [-0.3, -0.25) is 0 Å². The van der Waals surface area contributed by atoms with Crippen molar-refractivity contribution < 1.29 is 9.53 Å². The third-order valence-corrected chi connectivity index (χ3v) is 3.40. The van der Waals surface area contributed by atoms with Crippen molar-refractivity contribution in [2.45, 2.75) is 19.3 Å². The molecule has 0 bridgehead atoms. The summed E-state index contributed by atoms with van der Waals surface area (Å²) in [5.74, 6) is 0. The fourth-order valence-electron chi connectivity index (χ4n) is 2.33. The van der Waals surface area contributed by atoms with Crippen molar-refractivity contribution in [3.63, 3.8) is 0 Å². The second-order valence-electron chi connectivity index (χ2n) is 4.95. The SMILES string of the molecule is COCCNC(=O)NCCc1ccc2c(c1)CCCN2. The van der Waals surface area contributed by atoms with E-state index in [4.69, 9.17) is 4.74 Å². The molecule has 0 saturated heterocycles. The lowest BCUT2D eigenvalue weighted by Gasteiger charge is -2.18. The quantitative estimate of drug-likeness (QED) is 0.691. The normalized spacial score (nSPS) is 13.2. The minimum Gasteiger partial charge on any atom is -0.385 e. The minimum atomic E-state index is -0.137. The molecule has 1 heterocycles. The van der Waals surface area contributed by atoms with Crippen LogP contribution in [0.3, 0.4) is 0 Å². The van der Waals surface area contributed by atoms with Gasteiger partial charge in [0.25, 0.3) is 0 Å². The monoisotopic (exact) mass is 277 g/mol. The van der Waals surface area contributed by atoms with E-state index in [0.717, 1.165) is 19.4 Å². The Balaban J connectivity index is 1.72. The molecule has 1 aliphatic heterocycles. The fourth-order valence-corrected chi connectivity index (χ4v) is 2.33. The van der Waals surface area contributed by atoms with Crippen molar-refractivity contribution in [2.75, 3.05) is 38.7 Å². The third kappa shape index (κ3) is 4.42. The fraction of sp³-hybridized carbons (Fsp3) is 0.533. The largest absolute Gasteiger partial charge is 0.385 e. The Morgan fingerprint density at radius 3 is 3.05 bits per heavy atom. The Hall–Kier alpha value is -1.75. The molecule has 1 aromatic carbocycles. The van der Waals surface area contributed by atoms with Crippen LogP contribution in [0.1, 0.15) is 17.5 Å². The van der Waals surface area contributed by atoms with Gasteiger partial charge in [-0.1, -0.05) is 12.1 Å². The van der Waals surface area contributed by atoms with E-state index in [1.807, 2.05) is 0 Å². The Kier molecular flexibility index (Phi) is 5.68. The summed E-state index contributed by atoms with van der Waals surface area (Å²) in [5, 5.41) is 8.98. The molecular formula is C15H23N3O2. The number of benzene rings is 1. The van der Waals surface area contributed by atoms with E-state index < -0.39 is 0 Å². The number of aryl methyl sites for hydroxylation is 1. The predicted octanol–water partition coefficient (Wildman–Crippen LogP) is 1.53. The molecule has 0 radical (unpaired) electrons. The van der Waals surface area contributed by atoms with Crippen LogP contribution in [-0.2, 0) is 17.6 Å². The molecule has 0 atom stereocenters. The Labute approximate surface area is 120 Å². The van der Waals surface area contributed by atoms with Gasteiger partial charge >= 0.3 is 6.03 Å². The third-order valence-electron chi connectivity index (χ3n) is 3.40. The molecule has 110 valence electrons. The molecule has 3 N–H and O–H groups in total. The summed E-state index contributed by atoms with van der Waals surface area (Å²) in [6, 6.07) is 6.37. The van der Waals surface area contributed by atoms with E-state index in [-0.39, 0.29) is 6.03 Å². The second-order valence-corrected chi connectivity index (χ2v) is 4.95. The zero-order chi connectivity index (χ0) is 14.2. The standard InChI is InChI=1S/C15H23N3O2/c1-20-10-9-18-15(19)17-8-6-12-4-5-14-13(11-12)3-2-7-16-14/h4-5,11,16H,2-3,6-10H2,1H3,(H2,17,18,19). The molecule has 20 heavy (non-hydrogen) atoms. The molecule has 0 saturated carbocycles. The van der Waals surface area contributed by atoms with E-state index in [1.165, 1.54) is 23.2 Å². The van der Waals surface area contributed by atoms with Crippen LogP contribution in [-0.4, -0.2) is 39.4 Å². The molecule has 0 aliphatic carbocycles. The van der Waals surface area contributed by atoms with Crippen LogP contribution < -0.4 is 16.0 Å². The highest BCUT2D eigenvalue weighted by Gasteiger charge is 2.08. The highest BCUT2D eigenvalue weighted by Crippen LogP contribution is 2.22. The summed E-state index contributed by atoms with van der Waals surface area (Å²) in [7, 11) is 1.62. The zero-order valence-corrected chi connectivity index (χ0v) is 12.0. The summed E-state index contributed by atoms with van der Waals surface area (Å²) in [4.78, 5) is 11.5. The van der Waals surface area contributed by atoms with Crippen molar-refractivity contribution in [3.8, 4) is 0 Å². The van der Waals surface area contributed by atoms with Crippen molar-refractivity contribution in [2.24, 2.45) is 0 Å². The summed E-state index contributed by atoms with van der Waals surface area (Å²) in [5.41, 5.74) is 3.91. The smallest absolute Gasteiger partial charge is 0.314 e. The average molecular weight is 277 g/mol. The molecule has 5 nitrogen and oxygen atoms in total.